The predicted molar refractivity (Wildman–Crippen MR) is 82.8 cm³/mol. The van der Waals surface area contributed by atoms with Gasteiger partial charge >= 0.3 is 0 Å². The second kappa shape index (κ2) is 6.76. The molecule has 0 radical (unpaired) electrons. The summed E-state index contributed by atoms with van der Waals surface area (Å²) in [6, 6.07) is 7.38. The summed E-state index contributed by atoms with van der Waals surface area (Å²) in [5, 5.41) is 11.8. The molecule has 2 rings (SSSR count). The van der Waals surface area contributed by atoms with Gasteiger partial charge in [0, 0.05) is 0 Å². The largest absolute Gasteiger partial charge is 0.306 e. The van der Waals surface area contributed by atoms with Crippen molar-refractivity contribution in [2.45, 2.75) is 40.2 Å². The molecule has 0 bridgehead atoms. The van der Waals surface area contributed by atoms with Gasteiger partial charge in [0.25, 0.3) is 0 Å². The highest BCUT2D eigenvalue weighted by Gasteiger charge is 2.18. The second-order valence-electron chi connectivity index (χ2n) is 5.24. The molecule has 0 spiro atoms. The monoisotopic (exact) mass is 287 g/mol. The molecule has 1 unspecified atom stereocenters. The smallest absolute Gasteiger partial charge is 0.126 e. The summed E-state index contributed by atoms with van der Waals surface area (Å²) in [4.78, 5) is 0. The van der Waals surface area contributed by atoms with Crippen LogP contribution in [-0.4, -0.2) is 16.7 Å². The number of nitrogens with one attached hydrogen (secondary N) is 1. The molecule has 2 aromatic rings. The standard InChI is InChI=1S/C17H22FN3/c1-5-16-14(9-12(4)20-21-16)17(19-6-2)13-8-7-11(3)15(18)10-13/h7-10,17,19H,5-6H2,1-4H3. The summed E-state index contributed by atoms with van der Waals surface area (Å²) in [7, 11) is 0. The van der Waals surface area contributed by atoms with Crippen molar-refractivity contribution in [1.29, 1.82) is 0 Å². The molecule has 4 heteroatoms. The van der Waals surface area contributed by atoms with Crippen LogP contribution in [0.3, 0.4) is 0 Å². The Morgan fingerprint density at radius 1 is 1.14 bits per heavy atom. The fraction of sp³-hybridized carbons (Fsp3) is 0.412. The van der Waals surface area contributed by atoms with Gasteiger partial charge in [0.1, 0.15) is 5.82 Å². The van der Waals surface area contributed by atoms with Crippen molar-refractivity contribution in [1.82, 2.24) is 15.5 Å². The first-order chi connectivity index (χ1) is 10.1. The molecule has 0 saturated heterocycles. The Hall–Kier alpha value is -1.81. The molecule has 0 aliphatic rings. The van der Waals surface area contributed by atoms with Gasteiger partial charge in [-0.2, -0.15) is 10.2 Å². The molecule has 0 aliphatic carbocycles. The molecule has 0 amide bonds. The molecule has 1 atom stereocenters. The van der Waals surface area contributed by atoms with E-state index in [0.29, 0.717) is 5.56 Å². The van der Waals surface area contributed by atoms with Crippen molar-refractivity contribution in [2.75, 3.05) is 6.54 Å². The average Bonchev–Trinajstić information content (AvgIpc) is 2.48. The molecule has 1 heterocycles. The second-order valence-corrected chi connectivity index (χ2v) is 5.24. The minimum Gasteiger partial charge on any atom is -0.306 e. The zero-order chi connectivity index (χ0) is 15.4. The molecule has 0 saturated carbocycles. The van der Waals surface area contributed by atoms with Crippen LogP contribution in [0, 0.1) is 19.7 Å². The van der Waals surface area contributed by atoms with Crippen molar-refractivity contribution in [3.63, 3.8) is 0 Å². The van der Waals surface area contributed by atoms with Crippen molar-refractivity contribution < 1.29 is 4.39 Å². The highest BCUT2D eigenvalue weighted by molar-refractivity contribution is 5.36. The van der Waals surface area contributed by atoms with Crippen LogP contribution in [0.1, 0.15) is 48.0 Å². The topological polar surface area (TPSA) is 37.8 Å². The van der Waals surface area contributed by atoms with E-state index in [1.165, 1.54) is 0 Å². The highest BCUT2D eigenvalue weighted by Crippen LogP contribution is 2.26. The van der Waals surface area contributed by atoms with Crippen LogP contribution in [0.15, 0.2) is 24.3 Å². The van der Waals surface area contributed by atoms with E-state index in [0.717, 1.165) is 35.5 Å². The molecular weight excluding hydrogens is 265 g/mol. The van der Waals surface area contributed by atoms with Crippen molar-refractivity contribution >= 4 is 0 Å². The summed E-state index contributed by atoms with van der Waals surface area (Å²) < 4.78 is 13.9. The third kappa shape index (κ3) is 3.45. The van der Waals surface area contributed by atoms with Gasteiger partial charge in [0.05, 0.1) is 17.4 Å². The third-order valence-corrected chi connectivity index (χ3v) is 3.61. The highest BCUT2D eigenvalue weighted by atomic mass is 19.1. The van der Waals surface area contributed by atoms with Gasteiger partial charge in [0.15, 0.2) is 0 Å². The van der Waals surface area contributed by atoms with Crippen molar-refractivity contribution in [3.05, 3.63) is 58.2 Å². The Labute approximate surface area is 125 Å². The summed E-state index contributed by atoms with van der Waals surface area (Å²) in [5.41, 5.74) is 4.48. The number of hydrogen-bond donors (Lipinski definition) is 1. The Balaban J connectivity index is 2.52. The number of benzene rings is 1. The van der Waals surface area contributed by atoms with Gasteiger partial charge in [-0.25, -0.2) is 4.39 Å². The van der Waals surface area contributed by atoms with Crippen molar-refractivity contribution in [2.24, 2.45) is 0 Å². The lowest BCUT2D eigenvalue weighted by Crippen LogP contribution is -2.24. The van der Waals surface area contributed by atoms with Crippen LogP contribution in [-0.2, 0) is 6.42 Å². The van der Waals surface area contributed by atoms with E-state index in [1.54, 1.807) is 13.0 Å². The number of aromatic nitrogens is 2. The van der Waals surface area contributed by atoms with Crippen LogP contribution < -0.4 is 5.32 Å². The first-order valence-electron chi connectivity index (χ1n) is 7.39. The number of nitrogens with zero attached hydrogens (tertiary/aromatic N) is 2. The van der Waals surface area contributed by atoms with E-state index in [9.17, 15) is 4.39 Å². The molecule has 112 valence electrons. The number of halogens is 1. The Morgan fingerprint density at radius 2 is 1.90 bits per heavy atom. The summed E-state index contributed by atoms with van der Waals surface area (Å²) in [6.07, 6.45) is 0.804. The fourth-order valence-electron chi connectivity index (χ4n) is 2.46. The molecule has 1 N–H and O–H groups in total. The van der Waals surface area contributed by atoms with E-state index in [1.807, 2.05) is 32.0 Å². The lowest BCUT2D eigenvalue weighted by molar-refractivity contribution is 0.592. The Kier molecular flexibility index (Phi) is 5.02. The summed E-state index contributed by atoms with van der Waals surface area (Å²) in [5.74, 6) is -0.174. The minimum absolute atomic E-state index is 0.0609. The predicted octanol–water partition coefficient (Wildman–Crippen LogP) is 3.49. The quantitative estimate of drug-likeness (QED) is 0.914. The van der Waals surface area contributed by atoms with Gasteiger partial charge in [-0.1, -0.05) is 26.0 Å². The van der Waals surface area contributed by atoms with Gasteiger partial charge in [-0.3, -0.25) is 0 Å². The number of aryl methyl sites for hydroxylation is 3. The molecule has 1 aromatic heterocycles. The summed E-state index contributed by atoms with van der Waals surface area (Å²) in [6.45, 7) is 8.60. The summed E-state index contributed by atoms with van der Waals surface area (Å²) >= 11 is 0. The maximum atomic E-state index is 13.9. The zero-order valence-corrected chi connectivity index (χ0v) is 13.1. The lowest BCUT2D eigenvalue weighted by atomic mass is 9.95. The fourth-order valence-corrected chi connectivity index (χ4v) is 2.46. The van der Waals surface area contributed by atoms with Crippen LogP contribution in [0.2, 0.25) is 0 Å². The molecule has 1 aromatic carbocycles. The number of hydrogen-bond acceptors (Lipinski definition) is 3. The maximum Gasteiger partial charge on any atom is 0.126 e. The molecular formula is C17H22FN3. The molecule has 0 aliphatic heterocycles. The third-order valence-electron chi connectivity index (χ3n) is 3.61. The zero-order valence-electron chi connectivity index (χ0n) is 13.1. The molecule has 0 fully saturated rings. The van der Waals surface area contributed by atoms with E-state index in [2.05, 4.69) is 22.4 Å². The normalized spacial score (nSPS) is 12.4. The first kappa shape index (κ1) is 15.6. The molecule has 3 nitrogen and oxygen atoms in total. The Morgan fingerprint density at radius 3 is 2.52 bits per heavy atom. The van der Waals surface area contributed by atoms with Crippen LogP contribution in [0.5, 0.6) is 0 Å². The SMILES string of the molecule is CCNC(c1ccc(C)c(F)c1)c1cc(C)nnc1CC. The van der Waals surface area contributed by atoms with Gasteiger partial charge in [-0.15, -0.1) is 0 Å². The Bertz CT molecular complexity index is 625. The maximum absolute atomic E-state index is 13.9. The van der Waals surface area contributed by atoms with E-state index in [-0.39, 0.29) is 11.9 Å². The van der Waals surface area contributed by atoms with Gasteiger partial charge < -0.3 is 5.32 Å². The van der Waals surface area contributed by atoms with Crippen molar-refractivity contribution in [3.8, 4) is 0 Å². The minimum atomic E-state index is -0.174. The van der Waals surface area contributed by atoms with E-state index < -0.39 is 0 Å². The lowest BCUT2D eigenvalue weighted by Gasteiger charge is -2.21. The number of rotatable bonds is 5. The molecule has 21 heavy (non-hydrogen) atoms. The van der Waals surface area contributed by atoms with Crippen LogP contribution in [0.4, 0.5) is 4.39 Å². The average molecular weight is 287 g/mol. The van der Waals surface area contributed by atoms with E-state index >= 15 is 0 Å². The van der Waals surface area contributed by atoms with Gasteiger partial charge in [-0.05, 0) is 55.6 Å². The van der Waals surface area contributed by atoms with Gasteiger partial charge in [0.2, 0.25) is 0 Å². The van der Waals surface area contributed by atoms with Crippen LogP contribution in [0.25, 0.3) is 0 Å². The van der Waals surface area contributed by atoms with Crippen LogP contribution >= 0.6 is 0 Å². The first-order valence-corrected chi connectivity index (χ1v) is 7.39. The van der Waals surface area contributed by atoms with E-state index in [4.69, 9.17) is 0 Å².